The molecule has 0 bridgehead atoms. The van der Waals surface area contributed by atoms with Gasteiger partial charge in [0.25, 0.3) is 0 Å². The highest BCUT2D eigenvalue weighted by Crippen LogP contribution is 2.09. The first kappa shape index (κ1) is 14.3. The highest BCUT2D eigenvalue weighted by Gasteiger charge is 2.20. The summed E-state index contributed by atoms with van der Waals surface area (Å²) in [6.45, 7) is 7.48. The van der Waals surface area contributed by atoms with Crippen molar-refractivity contribution >= 4 is 0 Å². The summed E-state index contributed by atoms with van der Waals surface area (Å²) in [5, 5.41) is 10.1. The number of benzene rings is 1. The van der Waals surface area contributed by atoms with E-state index in [1.54, 1.807) is 0 Å². The summed E-state index contributed by atoms with van der Waals surface area (Å²) in [7, 11) is 0. The molecule has 1 aromatic carbocycles. The van der Waals surface area contributed by atoms with Crippen LogP contribution in [-0.4, -0.2) is 53.7 Å². The van der Waals surface area contributed by atoms with Crippen LogP contribution in [0.3, 0.4) is 0 Å². The SMILES string of the molecule is C/C=C/CN1CCN(Cc2ccccc2)CC(O)C1. The van der Waals surface area contributed by atoms with Crippen LogP contribution >= 0.6 is 0 Å². The molecule has 19 heavy (non-hydrogen) atoms. The minimum atomic E-state index is -0.253. The van der Waals surface area contributed by atoms with E-state index in [1.807, 2.05) is 13.0 Å². The Morgan fingerprint density at radius 3 is 2.58 bits per heavy atom. The van der Waals surface area contributed by atoms with Crippen molar-refractivity contribution in [3.63, 3.8) is 0 Å². The summed E-state index contributed by atoms with van der Waals surface area (Å²) in [5.41, 5.74) is 1.32. The molecule has 2 rings (SSSR count). The first-order valence-electron chi connectivity index (χ1n) is 7.06. The lowest BCUT2D eigenvalue weighted by Crippen LogP contribution is -2.33. The Hall–Kier alpha value is -1.16. The van der Waals surface area contributed by atoms with Gasteiger partial charge >= 0.3 is 0 Å². The molecule has 3 heteroatoms. The van der Waals surface area contributed by atoms with Crippen LogP contribution in [0.25, 0.3) is 0 Å². The van der Waals surface area contributed by atoms with Gasteiger partial charge in [-0.2, -0.15) is 0 Å². The van der Waals surface area contributed by atoms with Gasteiger partial charge in [-0.15, -0.1) is 0 Å². The van der Waals surface area contributed by atoms with Crippen LogP contribution in [0.4, 0.5) is 0 Å². The van der Waals surface area contributed by atoms with Gasteiger partial charge in [-0.25, -0.2) is 0 Å². The molecule has 0 amide bonds. The molecule has 1 fully saturated rings. The lowest BCUT2D eigenvalue weighted by Gasteiger charge is -2.21. The first-order valence-corrected chi connectivity index (χ1v) is 7.06. The maximum absolute atomic E-state index is 10.1. The Bertz CT molecular complexity index is 391. The molecule has 0 aliphatic carbocycles. The molecule has 0 spiro atoms. The van der Waals surface area contributed by atoms with E-state index in [0.717, 1.165) is 39.3 Å². The van der Waals surface area contributed by atoms with Crippen molar-refractivity contribution in [2.75, 3.05) is 32.7 Å². The Morgan fingerprint density at radius 1 is 1.16 bits per heavy atom. The normalized spacial score (nSPS) is 22.7. The second-order valence-corrected chi connectivity index (χ2v) is 5.20. The smallest absolute Gasteiger partial charge is 0.0794 e. The number of hydrogen-bond donors (Lipinski definition) is 1. The lowest BCUT2D eigenvalue weighted by molar-refractivity contribution is 0.110. The number of hydrogen-bond acceptors (Lipinski definition) is 3. The van der Waals surface area contributed by atoms with Crippen LogP contribution < -0.4 is 0 Å². The second kappa shape index (κ2) is 7.43. The second-order valence-electron chi connectivity index (χ2n) is 5.20. The Balaban J connectivity index is 1.90. The molecule has 1 aromatic rings. The monoisotopic (exact) mass is 260 g/mol. The quantitative estimate of drug-likeness (QED) is 0.835. The van der Waals surface area contributed by atoms with Gasteiger partial charge in [0.15, 0.2) is 0 Å². The molecule has 0 aromatic heterocycles. The fraction of sp³-hybridized carbons (Fsp3) is 0.500. The molecule has 1 N–H and O–H groups in total. The standard InChI is InChI=1S/C16H24N2O/c1-2-3-9-17-10-11-18(14-16(19)13-17)12-15-7-5-4-6-8-15/h2-8,16,19H,9-14H2,1H3/b3-2+. The van der Waals surface area contributed by atoms with E-state index in [0.29, 0.717) is 0 Å². The maximum atomic E-state index is 10.1. The van der Waals surface area contributed by atoms with E-state index in [2.05, 4.69) is 46.2 Å². The molecule has 3 nitrogen and oxygen atoms in total. The molecule has 1 atom stereocenters. The average molecular weight is 260 g/mol. The molecule has 1 aliphatic heterocycles. The molecule has 104 valence electrons. The third-order valence-corrected chi connectivity index (χ3v) is 3.52. The summed E-state index contributed by atoms with van der Waals surface area (Å²) < 4.78 is 0. The molecule has 1 saturated heterocycles. The highest BCUT2D eigenvalue weighted by molar-refractivity contribution is 5.14. The molecule has 1 unspecified atom stereocenters. The van der Waals surface area contributed by atoms with Gasteiger partial charge in [0.05, 0.1) is 6.10 Å². The number of aliphatic hydroxyl groups is 1. The Morgan fingerprint density at radius 2 is 1.84 bits per heavy atom. The summed E-state index contributed by atoms with van der Waals surface area (Å²) in [5.74, 6) is 0. The van der Waals surface area contributed by atoms with Gasteiger partial charge in [-0.1, -0.05) is 42.5 Å². The van der Waals surface area contributed by atoms with E-state index < -0.39 is 0 Å². The van der Waals surface area contributed by atoms with Crippen molar-refractivity contribution in [2.45, 2.75) is 19.6 Å². The lowest BCUT2D eigenvalue weighted by atomic mass is 10.2. The van der Waals surface area contributed by atoms with E-state index in [9.17, 15) is 5.11 Å². The third-order valence-electron chi connectivity index (χ3n) is 3.52. The van der Waals surface area contributed by atoms with Crippen LogP contribution in [0, 0.1) is 0 Å². The zero-order chi connectivity index (χ0) is 13.5. The van der Waals surface area contributed by atoms with E-state index >= 15 is 0 Å². The highest BCUT2D eigenvalue weighted by atomic mass is 16.3. The van der Waals surface area contributed by atoms with Crippen molar-refractivity contribution in [3.05, 3.63) is 48.0 Å². The first-order chi connectivity index (χ1) is 9.28. The van der Waals surface area contributed by atoms with Crippen molar-refractivity contribution in [2.24, 2.45) is 0 Å². The number of aliphatic hydroxyl groups excluding tert-OH is 1. The number of allylic oxidation sites excluding steroid dienone is 1. The molecule has 0 radical (unpaired) electrons. The van der Waals surface area contributed by atoms with E-state index in [-0.39, 0.29) is 6.10 Å². The van der Waals surface area contributed by atoms with Gasteiger partial charge < -0.3 is 5.11 Å². The van der Waals surface area contributed by atoms with Crippen molar-refractivity contribution in [1.82, 2.24) is 9.80 Å². The third kappa shape index (κ3) is 4.78. The molecular weight excluding hydrogens is 236 g/mol. The Labute approximate surface area is 116 Å². The van der Waals surface area contributed by atoms with Crippen LogP contribution in [0.2, 0.25) is 0 Å². The van der Waals surface area contributed by atoms with Gasteiger partial charge in [-0.05, 0) is 12.5 Å². The predicted molar refractivity (Wildman–Crippen MR) is 79.0 cm³/mol. The van der Waals surface area contributed by atoms with E-state index in [1.165, 1.54) is 5.56 Å². The summed E-state index contributed by atoms with van der Waals surface area (Å²) in [6, 6.07) is 10.5. The van der Waals surface area contributed by atoms with Crippen LogP contribution in [-0.2, 0) is 6.54 Å². The van der Waals surface area contributed by atoms with Crippen molar-refractivity contribution < 1.29 is 5.11 Å². The number of rotatable bonds is 4. The summed E-state index contributed by atoms with van der Waals surface area (Å²) in [4.78, 5) is 4.66. The molecule has 1 aliphatic rings. The zero-order valence-corrected chi connectivity index (χ0v) is 11.7. The van der Waals surface area contributed by atoms with Crippen LogP contribution in [0.1, 0.15) is 12.5 Å². The fourth-order valence-electron chi connectivity index (χ4n) is 2.52. The van der Waals surface area contributed by atoms with E-state index in [4.69, 9.17) is 0 Å². The minimum Gasteiger partial charge on any atom is -0.390 e. The summed E-state index contributed by atoms with van der Waals surface area (Å²) in [6.07, 6.45) is 3.97. The van der Waals surface area contributed by atoms with Gasteiger partial charge in [0.1, 0.15) is 0 Å². The minimum absolute atomic E-state index is 0.253. The Kier molecular flexibility index (Phi) is 5.58. The van der Waals surface area contributed by atoms with Gasteiger partial charge in [0.2, 0.25) is 0 Å². The number of nitrogens with zero attached hydrogens (tertiary/aromatic N) is 2. The molecule has 1 heterocycles. The molecule has 0 saturated carbocycles. The van der Waals surface area contributed by atoms with Crippen LogP contribution in [0.5, 0.6) is 0 Å². The fourth-order valence-corrected chi connectivity index (χ4v) is 2.52. The van der Waals surface area contributed by atoms with Gasteiger partial charge in [0, 0.05) is 39.3 Å². The average Bonchev–Trinajstić information content (AvgIpc) is 2.59. The van der Waals surface area contributed by atoms with Crippen molar-refractivity contribution in [1.29, 1.82) is 0 Å². The predicted octanol–water partition coefficient (Wildman–Crippen LogP) is 1.74. The van der Waals surface area contributed by atoms with Crippen molar-refractivity contribution in [3.8, 4) is 0 Å². The molecular formula is C16H24N2O. The maximum Gasteiger partial charge on any atom is 0.0794 e. The largest absolute Gasteiger partial charge is 0.390 e. The number of β-amino-alcohol motifs (C(OH)–C–C–N with tert-alkyl or cyclic N) is 1. The summed E-state index contributed by atoms with van der Waals surface area (Å²) >= 11 is 0. The topological polar surface area (TPSA) is 26.7 Å². The zero-order valence-electron chi connectivity index (χ0n) is 11.7. The van der Waals surface area contributed by atoms with Gasteiger partial charge in [-0.3, -0.25) is 9.80 Å². The van der Waals surface area contributed by atoms with Crippen LogP contribution in [0.15, 0.2) is 42.5 Å².